The van der Waals surface area contributed by atoms with Gasteiger partial charge in [0.05, 0.1) is 21.2 Å². The summed E-state index contributed by atoms with van der Waals surface area (Å²) >= 11 is 5.77. The van der Waals surface area contributed by atoms with E-state index >= 15 is 0 Å². The molecule has 3 aromatic rings. The Bertz CT molecular complexity index is 1530. The number of halogens is 5. The van der Waals surface area contributed by atoms with E-state index in [1.165, 1.54) is 43.3 Å². The minimum absolute atomic E-state index is 0.217. The molecule has 0 aromatic heterocycles. The molecule has 226 valence electrons. The summed E-state index contributed by atoms with van der Waals surface area (Å²) in [4.78, 5) is 27.7. The number of rotatable bonds is 9. The molecule has 3 aromatic carbocycles. The van der Waals surface area contributed by atoms with Gasteiger partial charge in [0.1, 0.15) is 18.4 Å². The summed E-state index contributed by atoms with van der Waals surface area (Å²) < 4.78 is 82.7. The van der Waals surface area contributed by atoms with Gasteiger partial charge in [-0.3, -0.25) is 13.9 Å². The molecular formula is C29H30ClF4N3O4S. The molecule has 0 unspecified atom stereocenters. The van der Waals surface area contributed by atoms with Crippen molar-refractivity contribution in [3.63, 3.8) is 0 Å². The fraction of sp³-hybridized carbons (Fsp3) is 0.310. The number of carbonyl (C=O) groups is 2. The second kappa shape index (κ2) is 12.7. The van der Waals surface area contributed by atoms with Crippen molar-refractivity contribution in [2.45, 2.75) is 56.9 Å². The molecule has 0 saturated heterocycles. The first-order valence-corrected chi connectivity index (χ1v) is 14.5. The van der Waals surface area contributed by atoms with E-state index in [4.69, 9.17) is 11.6 Å². The predicted molar refractivity (Wildman–Crippen MR) is 152 cm³/mol. The zero-order valence-electron chi connectivity index (χ0n) is 23.2. The molecule has 0 aliphatic heterocycles. The van der Waals surface area contributed by atoms with Crippen molar-refractivity contribution in [3.8, 4) is 0 Å². The van der Waals surface area contributed by atoms with Crippen LogP contribution >= 0.6 is 11.6 Å². The van der Waals surface area contributed by atoms with Crippen LogP contribution in [0.4, 0.5) is 23.2 Å². The first-order chi connectivity index (χ1) is 19.4. The van der Waals surface area contributed by atoms with Gasteiger partial charge in [-0.1, -0.05) is 41.9 Å². The molecule has 0 fully saturated rings. The molecule has 0 saturated carbocycles. The lowest BCUT2D eigenvalue weighted by molar-refractivity contribution is -0.140. The number of hydrogen-bond acceptors (Lipinski definition) is 4. The lowest BCUT2D eigenvalue weighted by Gasteiger charge is -2.33. The predicted octanol–water partition coefficient (Wildman–Crippen LogP) is 6.03. The molecule has 2 amide bonds. The molecule has 42 heavy (non-hydrogen) atoms. The summed E-state index contributed by atoms with van der Waals surface area (Å²) in [6.45, 7) is 5.46. The number of sulfonamides is 1. The summed E-state index contributed by atoms with van der Waals surface area (Å²) in [6.07, 6.45) is -4.91. The van der Waals surface area contributed by atoms with Crippen LogP contribution in [0.3, 0.4) is 0 Å². The number of alkyl halides is 3. The quantitative estimate of drug-likeness (QED) is 0.294. The van der Waals surface area contributed by atoms with Crippen molar-refractivity contribution in [2.24, 2.45) is 0 Å². The van der Waals surface area contributed by atoms with E-state index in [9.17, 15) is 35.6 Å². The summed E-state index contributed by atoms with van der Waals surface area (Å²) in [5, 5.41) is 2.10. The van der Waals surface area contributed by atoms with Crippen LogP contribution < -0.4 is 9.62 Å². The molecule has 3 rings (SSSR count). The number of amides is 2. The Morgan fingerprint density at radius 3 is 2.10 bits per heavy atom. The van der Waals surface area contributed by atoms with Crippen molar-refractivity contribution in [2.75, 3.05) is 10.8 Å². The van der Waals surface area contributed by atoms with Gasteiger partial charge < -0.3 is 10.2 Å². The molecule has 0 aliphatic carbocycles. The molecule has 0 heterocycles. The van der Waals surface area contributed by atoms with E-state index in [0.29, 0.717) is 15.9 Å². The molecule has 0 spiro atoms. The van der Waals surface area contributed by atoms with Crippen molar-refractivity contribution in [3.05, 3.63) is 94.8 Å². The molecule has 0 bridgehead atoms. The average molecular weight is 628 g/mol. The molecule has 0 radical (unpaired) electrons. The van der Waals surface area contributed by atoms with Crippen molar-refractivity contribution in [1.82, 2.24) is 10.2 Å². The number of benzene rings is 3. The molecular weight excluding hydrogens is 598 g/mol. The van der Waals surface area contributed by atoms with Gasteiger partial charge in [-0.2, -0.15) is 13.2 Å². The Kier molecular flexibility index (Phi) is 9.94. The standard InChI is InChI=1S/C29H30ClF4N3O4S/c1-19(27(39)35-28(2,3)4)36(17-20-10-12-21(31)13-11-20)26(38)18-37(42(40,41)23-8-6-5-7-9-23)22-14-15-25(30)24(16-22)29(32,33)34/h5-16,19H,17-18H2,1-4H3,(H,35,39)/t19-/m1/s1. The normalized spacial score (nSPS) is 12.9. The lowest BCUT2D eigenvalue weighted by Crippen LogP contribution is -2.54. The SMILES string of the molecule is C[C@H](C(=O)NC(C)(C)C)N(Cc1ccc(F)cc1)C(=O)CN(c1ccc(Cl)c(C(F)(F)F)c1)S(=O)(=O)c1ccccc1. The Morgan fingerprint density at radius 2 is 1.55 bits per heavy atom. The van der Waals surface area contributed by atoms with E-state index < -0.39 is 68.2 Å². The van der Waals surface area contributed by atoms with Crippen LogP contribution in [0.5, 0.6) is 0 Å². The van der Waals surface area contributed by atoms with E-state index in [2.05, 4.69) is 5.32 Å². The third-order valence-corrected chi connectivity index (χ3v) is 8.20. The van der Waals surface area contributed by atoms with Gasteiger partial charge in [-0.05, 0) is 75.7 Å². The summed E-state index contributed by atoms with van der Waals surface area (Å²) in [5.74, 6) is -1.97. The second-order valence-corrected chi connectivity index (χ2v) is 12.8. The van der Waals surface area contributed by atoms with Crippen LogP contribution in [0.25, 0.3) is 0 Å². The maximum Gasteiger partial charge on any atom is 0.417 e. The summed E-state index contributed by atoms with van der Waals surface area (Å²) in [6, 6.07) is 13.4. The third kappa shape index (κ3) is 8.22. The van der Waals surface area contributed by atoms with Gasteiger partial charge in [0.15, 0.2) is 0 Å². The minimum Gasteiger partial charge on any atom is -0.350 e. The van der Waals surface area contributed by atoms with Crippen LogP contribution in [0.1, 0.15) is 38.8 Å². The molecule has 7 nitrogen and oxygen atoms in total. The van der Waals surface area contributed by atoms with E-state index in [1.54, 1.807) is 26.8 Å². The number of anilines is 1. The van der Waals surface area contributed by atoms with Crippen molar-refractivity contribution < 1.29 is 35.6 Å². The first-order valence-electron chi connectivity index (χ1n) is 12.7. The molecule has 13 heteroatoms. The van der Waals surface area contributed by atoms with Crippen LogP contribution in [0.2, 0.25) is 5.02 Å². The van der Waals surface area contributed by atoms with E-state index in [-0.39, 0.29) is 11.4 Å². The van der Waals surface area contributed by atoms with Gasteiger partial charge in [0.2, 0.25) is 11.8 Å². The van der Waals surface area contributed by atoms with Gasteiger partial charge in [0.25, 0.3) is 10.0 Å². The van der Waals surface area contributed by atoms with E-state index in [0.717, 1.165) is 29.2 Å². The monoisotopic (exact) mass is 627 g/mol. The fourth-order valence-corrected chi connectivity index (χ4v) is 5.63. The Labute approximate surface area is 247 Å². The minimum atomic E-state index is -4.91. The zero-order chi connectivity index (χ0) is 31.5. The smallest absolute Gasteiger partial charge is 0.350 e. The van der Waals surface area contributed by atoms with Gasteiger partial charge in [-0.25, -0.2) is 12.8 Å². The Morgan fingerprint density at radius 1 is 0.952 bits per heavy atom. The van der Waals surface area contributed by atoms with Crippen molar-refractivity contribution >= 4 is 39.1 Å². The van der Waals surface area contributed by atoms with Crippen LogP contribution in [-0.2, 0) is 32.3 Å². The summed E-state index contributed by atoms with van der Waals surface area (Å²) in [5.41, 5.74) is -1.99. The molecule has 0 aliphatic rings. The Balaban J connectivity index is 2.11. The largest absolute Gasteiger partial charge is 0.417 e. The Hall–Kier alpha value is -3.64. The number of carbonyl (C=O) groups excluding carboxylic acids is 2. The molecule has 1 atom stereocenters. The van der Waals surface area contributed by atoms with Crippen LogP contribution in [0.15, 0.2) is 77.7 Å². The molecule has 1 N–H and O–H groups in total. The highest BCUT2D eigenvalue weighted by molar-refractivity contribution is 7.92. The second-order valence-electron chi connectivity index (χ2n) is 10.5. The maximum atomic E-state index is 13.9. The van der Waals surface area contributed by atoms with Crippen molar-refractivity contribution in [1.29, 1.82) is 0 Å². The first kappa shape index (κ1) is 32.9. The highest BCUT2D eigenvalue weighted by Gasteiger charge is 2.37. The van der Waals surface area contributed by atoms with Crippen LogP contribution in [-0.4, -0.2) is 43.3 Å². The highest BCUT2D eigenvalue weighted by atomic mass is 35.5. The third-order valence-electron chi connectivity index (χ3n) is 6.09. The topological polar surface area (TPSA) is 86.8 Å². The highest BCUT2D eigenvalue weighted by Crippen LogP contribution is 2.38. The number of nitrogens with zero attached hydrogens (tertiary/aromatic N) is 2. The zero-order valence-corrected chi connectivity index (χ0v) is 24.8. The number of nitrogens with one attached hydrogen (secondary N) is 1. The van der Waals surface area contributed by atoms with Gasteiger partial charge in [-0.15, -0.1) is 0 Å². The van der Waals surface area contributed by atoms with E-state index in [1.807, 2.05) is 0 Å². The average Bonchev–Trinajstić information content (AvgIpc) is 2.90. The summed E-state index contributed by atoms with van der Waals surface area (Å²) in [7, 11) is -4.59. The van der Waals surface area contributed by atoms with Gasteiger partial charge >= 0.3 is 6.18 Å². The van der Waals surface area contributed by atoms with Crippen LogP contribution in [0, 0.1) is 5.82 Å². The fourth-order valence-electron chi connectivity index (χ4n) is 3.98. The lowest BCUT2D eigenvalue weighted by atomic mass is 10.1. The number of hydrogen-bond donors (Lipinski definition) is 1. The maximum absolute atomic E-state index is 13.9. The van der Waals surface area contributed by atoms with Gasteiger partial charge in [0, 0.05) is 12.1 Å².